The number of phenolic OH excluding ortho intramolecular Hbond substituents is 1. The number of nitrogens with zero attached hydrogens (tertiary/aromatic N) is 2. The van der Waals surface area contributed by atoms with Crippen LogP contribution in [0.25, 0.3) is 0 Å². The van der Waals surface area contributed by atoms with Crippen molar-refractivity contribution in [1.29, 1.82) is 0 Å². The van der Waals surface area contributed by atoms with Crippen molar-refractivity contribution in [3.05, 3.63) is 57.1 Å². The molecule has 108 valence electrons. The molecule has 0 aliphatic rings. The van der Waals surface area contributed by atoms with Crippen molar-refractivity contribution < 1.29 is 19.2 Å². The molecule has 0 fully saturated rings. The maximum absolute atomic E-state index is 13.2. The van der Waals surface area contributed by atoms with E-state index in [9.17, 15) is 19.3 Å². The second-order valence-corrected chi connectivity index (χ2v) is 4.29. The van der Waals surface area contributed by atoms with E-state index in [0.29, 0.717) is 0 Å². The predicted octanol–water partition coefficient (Wildman–Crippen LogP) is 2.74. The van der Waals surface area contributed by atoms with Gasteiger partial charge in [-0.15, -0.1) is 0 Å². The van der Waals surface area contributed by atoms with Crippen molar-refractivity contribution in [1.82, 2.24) is 4.98 Å². The number of anilines is 1. The van der Waals surface area contributed by atoms with E-state index in [1.54, 1.807) is 0 Å². The van der Waals surface area contributed by atoms with Gasteiger partial charge in [0.1, 0.15) is 16.9 Å². The van der Waals surface area contributed by atoms with Gasteiger partial charge in [-0.3, -0.25) is 14.9 Å². The molecule has 1 aromatic heterocycles. The van der Waals surface area contributed by atoms with E-state index in [0.717, 1.165) is 24.4 Å². The maximum atomic E-state index is 13.2. The largest absolute Gasteiger partial charge is 0.505 e. The van der Waals surface area contributed by atoms with Gasteiger partial charge in [0.05, 0.1) is 4.92 Å². The second kappa shape index (κ2) is 5.71. The highest BCUT2D eigenvalue weighted by Crippen LogP contribution is 2.23. The lowest BCUT2D eigenvalue weighted by molar-refractivity contribution is -0.385. The Morgan fingerprint density at radius 1 is 1.43 bits per heavy atom. The molecule has 2 N–H and O–H groups in total. The molecule has 0 unspecified atom stereocenters. The molecule has 7 nitrogen and oxygen atoms in total. The Labute approximate surface area is 122 Å². The Kier molecular flexibility index (Phi) is 3.99. The van der Waals surface area contributed by atoms with Crippen LogP contribution in [-0.4, -0.2) is 20.9 Å². The van der Waals surface area contributed by atoms with Gasteiger partial charge in [0, 0.05) is 11.8 Å². The first-order chi connectivity index (χ1) is 9.88. The summed E-state index contributed by atoms with van der Waals surface area (Å²) < 4.78 is 13.2. The van der Waals surface area contributed by atoms with Crippen LogP contribution < -0.4 is 5.32 Å². The van der Waals surface area contributed by atoms with Crippen molar-refractivity contribution in [2.75, 3.05) is 5.32 Å². The molecule has 21 heavy (non-hydrogen) atoms. The number of halogens is 2. The molecule has 0 spiro atoms. The average molecular weight is 312 g/mol. The molecule has 9 heteroatoms. The average Bonchev–Trinajstić information content (AvgIpc) is 2.42. The van der Waals surface area contributed by atoms with Crippen molar-refractivity contribution in [2.24, 2.45) is 0 Å². The highest BCUT2D eigenvalue weighted by molar-refractivity contribution is 6.30. The van der Waals surface area contributed by atoms with Crippen LogP contribution in [0.2, 0.25) is 5.15 Å². The quantitative estimate of drug-likeness (QED) is 0.392. The lowest BCUT2D eigenvalue weighted by Gasteiger charge is -2.06. The number of carbonyl (C=O) groups excluding carboxylic acids is 1. The van der Waals surface area contributed by atoms with E-state index < -0.39 is 28.1 Å². The molecule has 0 aliphatic carbocycles. The molecule has 2 aromatic rings. The van der Waals surface area contributed by atoms with Crippen LogP contribution in [0.1, 0.15) is 10.4 Å². The molecule has 0 atom stereocenters. The van der Waals surface area contributed by atoms with Gasteiger partial charge in [-0.25, -0.2) is 9.37 Å². The summed E-state index contributed by atoms with van der Waals surface area (Å²) in [4.78, 5) is 25.6. The molecule has 0 bridgehead atoms. The number of aromatic hydroxyl groups is 1. The number of hydrogen-bond acceptors (Lipinski definition) is 5. The van der Waals surface area contributed by atoms with Crippen LogP contribution in [-0.2, 0) is 0 Å². The minimum absolute atomic E-state index is 0.0255. The number of nitrogens with one attached hydrogen (secondary N) is 1. The molecule has 2 rings (SSSR count). The summed E-state index contributed by atoms with van der Waals surface area (Å²) >= 11 is 5.61. The van der Waals surface area contributed by atoms with Crippen molar-refractivity contribution in [3.8, 4) is 5.75 Å². The van der Waals surface area contributed by atoms with E-state index in [4.69, 9.17) is 16.7 Å². The van der Waals surface area contributed by atoms with Crippen molar-refractivity contribution in [3.63, 3.8) is 0 Å². The van der Waals surface area contributed by atoms with Crippen LogP contribution in [0.4, 0.5) is 15.8 Å². The summed E-state index contributed by atoms with van der Waals surface area (Å²) in [5.74, 6) is -2.36. The molecule has 0 saturated heterocycles. The van der Waals surface area contributed by atoms with Crippen LogP contribution in [0.3, 0.4) is 0 Å². The Hall–Kier alpha value is -2.74. The van der Waals surface area contributed by atoms with Crippen LogP contribution in [0.15, 0.2) is 30.5 Å². The molecule has 1 aromatic carbocycles. The Balaban J connectivity index is 2.34. The van der Waals surface area contributed by atoms with Crippen LogP contribution >= 0.6 is 11.6 Å². The zero-order chi connectivity index (χ0) is 15.6. The van der Waals surface area contributed by atoms with Gasteiger partial charge < -0.3 is 10.4 Å². The number of carbonyl (C=O) groups is 1. The number of aromatic nitrogens is 1. The summed E-state index contributed by atoms with van der Waals surface area (Å²) in [6.07, 6.45) is 0.856. The fraction of sp³-hybridized carbons (Fsp3) is 0. The van der Waals surface area contributed by atoms with E-state index in [2.05, 4.69) is 10.3 Å². The third-order valence-corrected chi connectivity index (χ3v) is 2.70. The number of hydrogen-bond donors (Lipinski definition) is 2. The van der Waals surface area contributed by atoms with Gasteiger partial charge in [-0.1, -0.05) is 11.6 Å². The molecular formula is C12H7ClFN3O4. The zero-order valence-corrected chi connectivity index (χ0v) is 11.0. The Morgan fingerprint density at radius 3 is 2.76 bits per heavy atom. The summed E-state index contributed by atoms with van der Waals surface area (Å²) in [7, 11) is 0. The van der Waals surface area contributed by atoms with E-state index in [1.807, 2.05) is 0 Å². The smallest absolute Gasteiger partial charge is 0.300 e. The highest BCUT2D eigenvalue weighted by atomic mass is 35.5. The van der Waals surface area contributed by atoms with E-state index in [1.165, 1.54) is 6.07 Å². The summed E-state index contributed by atoms with van der Waals surface area (Å²) in [6.45, 7) is 0. The lowest BCUT2D eigenvalue weighted by atomic mass is 10.2. The zero-order valence-electron chi connectivity index (χ0n) is 10.2. The summed E-state index contributed by atoms with van der Waals surface area (Å²) in [5, 5.41) is 22.1. The van der Waals surface area contributed by atoms with Gasteiger partial charge in [-0.2, -0.15) is 0 Å². The van der Waals surface area contributed by atoms with Gasteiger partial charge in [-0.05, 0) is 18.2 Å². The van der Waals surface area contributed by atoms with Gasteiger partial charge in [0.2, 0.25) is 0 Å². The predicted molar refractivity (Wildman–Crippen MR) is 71.9 cm³/mol. The van der Waals surface area contributed by atoms with Crippen molar-refractivity contribution >= 4 is 28.9 Å². The van der Waals surface area contributed by atoms with Crippen LogP contribution in [0, 0.1) is 15.9 Å². The Bertz CT molecular complexity index is 738. The van der Waals surface area contributed by atoms with Gasteiger partial charge >= 0.3 is 0 Å². The number of rotatable bonds is 3. The number of nitro groups is 1. The minimum Gasteiger partial charge on any atom is -0.505 e. The maximum Gasteiger partial charge on any atom is 0.300 e. The van der Waals surface area contributed by atoms with Crippen LogP contribution in [0.5, 0.6) is 5.75 Å². The van der Waals surface area contributed by atoms with E-state index >= 15 is 0 Å². The topological polar surface area (TPSA) is 105 Å². The monoisotopic (exact) mass is 311 g/mol. The standard InChI is InChI=1S/C12H7ClFN3O4/c13-11-4-7(9(5-15-11)17(20)21)12(19)16-6-1-2-10(18)8(14)3-6/h1-5,18H,(H,16,19). The molecule has 0 radical (unpaired) electrons. The third kappa shape index (κ3) is 3.23. The third-order valence-electron chi connectivity index (χ3n) is 2.50. The normalized spacial score (nSPS) is 10.2. The molecule has 0 aliphatic heterocycles. The van der Waals surface area contributed by atoms with Gasteiger partial charge in [0.25, 0.3) is 11.6 Å². The number of phenols is 1. The first-order valence-electron chi connectivity index (χ1n) is 5.48. The first kappa shape index (κ1) is 14.7. The summed E-state index contributed by atoms with van der Waals surface area (Å²) in [5.41, 5.74) is -0.817. The number of amides is 1. The van der Waals surface area contributed by atoms with Gasteiger partial charge in [0.15, 0.2) is 11.6 Å². The van der Waals surface area contributed by atoms with Crippen molar-refractivity contribution in [2.45, 2.75) is 0 Å². The number of benzene rings is 1. The molecule has 1 amide bonds. The van der Waals surface area contributed by atoms with E-state index in [-0.39, 0.29) is 16.4 Å². The highest BCUT2D eigenvalue weighted by Gasteiger charge is 2.21. The fourth-order valence-electron chi connectivity index (χ4n) is 1.53. The molecule has 1 heterocycles. The molecule has 0 saturated carbocycles. The summed E-state index contributed by atoms with van der Waals surface area (Å²) in [6, 6.07) is 4.19. The first-order valence-corrected chi connectivity index (χ1v) is 5.86. The second-order valence-electron chi connectivity index (χ2n) is 3.90. The lowest BCUT2D eigenvalue weighted by Crippen LogP contribution is -2.14. The Morgan fingerprint density at radius 2 is 2.14 bits per heavy atom. The SMILES string of the molecule is O=C(Nc1ccc(O)c(F)c1)c1cc(Cl)ncc1[N+](=O)[O-]. The minimum atomic E-state index is -0.935. The fourth-order valence-corrected chi connectivity index (χ4v) is 1.69. The molecular weight excluding hydrogens is 305 g/mol. The number of pyridine rings is 1.